The number of aromatic nitrogens is 4. The maximum Gasteiger partial charge on any atom is 0.416 e. The summed E-state index contributed by atoms with van der Waals surface area (Å²) in [4.78, 5) is 0. The van der Waals surface area contributed by atoms with Gasteiger partial charge in [-0.2, -0.15) is 13.2 Å². The van der Waals surface area contributed by atoms with Crippen molar-refractivity contribution < 1.29 is 13.2 Å². The summed E-state index contributed by atoms with van der Waals surface area (Å²) >= 11 is 0. The summed E-state index contributed by atoms with van der Waals surface area (Å²) in [5, 5.41) is 11.7. The first-order valence-corrected chi connectivity index (χ1v) is 7.03. The van der Waals surface area contributed by atoms with E-state index in [0.29, 0.717) is 6.54 Å². The van der Waals surface area contributed by atoms with Gasteiger partial charge in [-0.25, -0.2) is 4.68 Å². The Kier molecular flexibility index (Phi) is 4.26. The van der Waals surface area contributed by atoms with Crippen LogP contribution in [0.25, 0.3) is 0 Å². The van der Waals surface area contributed by atoms with E-state index in [1.54, 1.807) is 4.68 Å². The van der Waals surface area contributed by atoms with Gasteiger partial charge in [0.15, 0.2) is 5.82 Å². The molecule has 0 bridgehead atoms. The highest BCUT2D eigenvalue weighted by Gasteiger charge is 2.30. The Morgan fingerprint density at radius 1 is 1.09 bits per heavy atom. The molecule has 1 aromatic heterocycles. The zero-order chi connectivity index (χ0) is 16.5. The van der Waals surface area contributed by atoms with E-state index in [1.165, 1.54) is 12.1 Å². The summed E-state index contributed by atoms with van der Waals surface area (Å²) in [5.41, 5.74) is -0.00628. The summed E-state index contributed by atoms with van der Waals surface area (Å²) in [7, 11) is 0. The van der Waals surface area contributed by atoms with Crippen LogP contribution in [0.4, 0.5) is 13.2 Å². The number of tetrazole rings is 1. The molecule has 1 unspecified atom stereocenters. The summed E-state index contributed by atoms with van der Waals surface area (Å²) < 4.78 is 39.4. The van der Waals surface area contributed by atoms with Crippen molar-refractivity contribution in [3.05, 3.63) is 41.2 Å². The highest BCUT2D eigenvalue weighted by molar-refractivity contribution is 5.26. The van der Waals surface area contributed by atoms with Gasteiger partial charge in [-0.1, -0.05) is 39.8 Å². The van der Waals surface area contributed by atoms with Crippen molar-refractivity contribution in [1.82, 2.24) is 20.2 Å². The fourth-order valence-corrected chi connectivity index (χ4v) is 2.23. The third-order valence-electron chi connectivity index (χ3n) is 3.46. The molecule has 0 aliphatic rings. The van der Waals surface area contributed by atoms with Crippen LogP contribution in [0.1, 0.15) is 50.6 Å². The van der Waals surface area contributed by atoms with Gasteiger partial charge < -0.3 is 0 Å². The van der Waals surface area contributed by atoms with E-state index in [-0.39, 0.29) is 11.3 Å². The van der Waals surface area contributed by atoms with E-state index in [4.69, 9.17) is 0 Å². The maximum atomic E-state index is 12.6. The highest BCUT2D eigenvalue weighted by atomic mass is 19.4. The molecular formula is C15H19F3N4. The second-order valence-electron chi connectivity index (χ2n) is 6.46. The van der Waals surface area contributed by atoms with Crippen molar-refractivity contribution in [2.75, 3.05) is 0 Å². The second kappa shape index (κ2) is 5.70. The highest BCUT2D eigenvalue weighted by Crippen LogP contribution is 2.30. The smallest absolute Gasteiger partial charge is 0.228 e. The summed E-state index contributed by atoms with van der Waals surface area (Å²) in [5.74, 6) is 0.762. The average molecular weight is 312 g/mol. The van der Waals surface area contributed by atoms with Gasteiger partial charge in [-0.3, -0.25) is 0 Å². The molecule has 0 N–H and O–H groups in total. The molecule has 4 nitrogen and oxygen atoms in total. The minimum atomic E-state index is -4.31. The van der Waals surface area contributed by atoms with Crippen molar-refractivity contribution in [3.63, 3.8) is 0 Å². The van der Waals surface area contributed by atoms with Crippen LogP contribution in [0.15, 0.2) is 24.3 Å². The SMILES string of the molecule is CC(Cn1nnnc1C(C)(C)C)c1ccc(C(F)(F)F)cc1. The molecule has 0 fully saturated rings. The van der Waals surface area contributed by atoms with Crippen LogP contribution in [-0.4, -0.2) is 20.2 Å². The molecule has 1 aromatic carbocycles. The van der Waals surface area contributed by atoms with E-state index >= 15 is 0 Å². The standard InChI is InChI=1S/C15H19F3N4/c1-10(9-22-13(14(2,3)4)19-20-21-22)11-5-7-12(8-6-11)15(16,17)18/h5-8,10H,9H2,1-4H3. The van der Waals surface area contributed by atoms with Crippen LogP contribution in [0, 0.1) is 0 Å². The number of benzene rings is 1. The van der Waals surface area contributed by atoms with Gasteiger partial charge in [0.2, 0.25) is 0 Å². The molecule has 2 aromatic rings. The summed E-state index contributed by atoms with van der Waals surface area (Å²) in [6, 6.07) is 5.23. The molecule has 0 radical (unpaired) electrons. The number of alkyl halides is 3. The number of hydrogen-bond acceptors (Lipinski definition) is 3. The van der Waals surface area contributed by atoms with Gasteiger partial charge in [0.05, 0.1) is 12.1 Å². The van der Waals surface area contributed by atoms with Crippen LogP contribution < -0.4 is 0 Å². The maximum absolute atomic E-state index is 12.6. The van der Waals surface area contributed by atoms with Crippen molar-refractivity contribution in [1.29, 1.82) is 0 Å². The molecule has 2 rings (SSSR count). The van der Waals surface area contributed by atoms with Gasteiger partial charge >= 0.3 is 6.18 Å². The lowest BCUT2D eigenvalue weighted by atomic mass is 9.95. The third-order valence-corrected chi connectivity index (χ3v) is 3.46. The number of halogens is 3. The second-order valence-corrected chi connectivity index (χ2v) is 6.46. The molecule has 22 heavy (non-hydrogen) atoms. The quantitative estimate of drug-likeness (QED) is 0.866. The topological polar surface area (TPSA) is 43.6 Å². The van der Waals surface area contributed by atoms with Crippen LogP contribution in [0.3, 0.4) is 0 Å². The van der Waals surface area contributed by atoms with E-state index in [2.05, 4.69) is 15.5 Å². The lowest BCUT2D eigenvalue weighted by Crippen LogP contribution is -2.21. The molecule has 0 saturated carbocycles. The molecule has 0 amide bonds. The predicted octanol–water partition coefficient (Wildman–Crippen LogP) is 3.79. The number of nitrogens with zero attached hydrogens (tertiary/aromatic N) is 4. The Hall–Kier alpha value is -1.92. The first-order valence-electron chi connectivity index (χ1n) is 7.03. The van der Waals surface area contributed by atoms with Crippen LogP contribution in [-0.2, 0) is 18.1 Å². The minimum Gasteiger partial charge on any atom is -0.228 e. The molecule has 1 atom stereocenters. The first-order chi connectivity index (χ1) is 10.1. The van der Waals surface area contributed by atoms with E-state index in [9.17, 15) is 13.2 Å². The van der Waals surface area contributed by atoms with Gasteiger partial charge in [0.25, 0.3) is 0 Å². The van der Waals surface area contributed by atoms with Crippen LogP contribution in [0.5, 0.6) is 0 Å². The average Bonchev–Trinajstić information content (AvgIpc) is 2.86. The normalized spacial score (nSPS) is 14.1. The predicted molar refractivity (Wildman–Crippen MR) is 76.4 cm³/mol. The number of rotatable bonds is 3. The molecular weight excluding hydrogens is 293 g/mol. The zero-order valence-electron chi connectivity index (χ0n) is 13.0. The van der Waals surface area contributed by atoms with Crippen molar-refractivity contribution in [3.8, 4) is 0 Å². The van der Waals surface area contributed by atoms with Gasteiger partial charge in [-0.05, 0) is 28.1 Å². The number of hydrogen-bond donors (Lipinski definition) is 0. The Morgan fingerprint density at radius 2 is 1.68 bits per heavy atom. The Morgan fingerprint density at radius 3 is 2.18 bits per heavy atom. The van der Waals surface area contributed by atoms with Crippen LogP contribution in [0.2, 0.25) is 0 Å². The van der Waals surface area contributed by atoms with E-state index in [0.717, 1.165) is 23.5 Å². The van der Waals surface area contributed by atoms with Crippen molar-refractivity contribution in [2.45, 2.75) is 51.7 Å². The monoisotopic (exact) mass is 312 g/mol. The molecule has 0 spiro atoms. The van der Waals surface area contributed by atoms with Crippen LogP contribution >= 0.6 is 0 Å². The fourth-order valence-electron chi connectivity index (χ4n) is 2.23. The van der Waals surface area contributed by atoms with E-state index in [1.807, 2.05) is 27.7 Å². The molecule has 0 saturated heterocycles. The van der Waals surface area contributed by atoms with Crippen molar-refractivity contribution in [2.24, 2.45) is 0 Å². The largest absolute Gasteiger partial charge is 0.416 e. The molecule has 1 heterocycles. The van der Waals surface area contributed by atoms with Gasteiger partial charge in [0, 0.05) is 11.3 Å². The molecule has 120 valence electrons. The summed E-state index contributed by atoms with van der Waals surface area (Å²) in [6.45, 7) is 8.50. The summed E-state index contributed by atoms with van der Waals surface area (Å²) in [6.07, 6.45) is -4.31. The third kappa shape index (κ3) is 3.64. The molecule has 0 aliphatic heterocycles. The Bertz CT molecular complexity index is 623. The lowest BCUT2D eigenvalue weighted by molar-refractivity contribution is -0.137. The Labute approximate surface area is 127 Å². The fraction of sp³-hybridized carbons (Fsp3) is 0.533. The minimum absolute atomic E-state index is 0.00637. The molecule has 7 heteroatoms. The van der Waals surface area contributed by atoms with Crippen molar-refractivity contribution >= 4 is 0 Å². The van der Waals surface area contributed by atoms with E-state index < -0.39 is 11.7 Å². The first kappa shape index (κ1) is 16.5. The lowest BCUT2D eigenvalue weighted by Gasteiger charge is -2.19. The molecule has 0 aliphatic carbocycles. The van der Waals surface area contributed by atoms with Gasteiger partial charge in [-0.15, -0.1) is 5.10 Å². The zero-order valence-corrected chi connectivity index (χ0v) is 13.0. The Balaban J connectivity index is 2.16. The van der Waals surface area contributed by atoms with Gasteiger partial charge in [0.1, 0.15) is 0 Å².